The van der Waals surface area contributed by atoms with Crippen molar-refractivity contribution in [3.05, 3.63) is 62.5 Å². The molecule has 0 saturated heterocycles. The van der Waals surface area contributed by atoms with Crippen LogP contribution in [0.1, 0.15) is 25.0 Å². The maximum absolute atomic E-state index is 12.9. The summed E-state index contributed by atoms with van der Waals surface area (Å²) in [6, 6.07) is 12.8. The van der Waals surface area contributed by atoms with Crippen LogP contribution in [-0.4, -0.2) is 36.4 Å². The van der Waals surface area contributed by atoms with Crippen LogP contribution in [0.4, 0.5) is 0 Å². The summed E-state index contributed by atoms with van der Waals surface area (Å²) >= 11 is 6.88. The monoisotopic (exact) mass is 510 g/mol. The molecule has 0 spiro atoms. The number of carbonyl (C=O) groups is 2. The van der Waals surface area contributed by atoms with Gasteiger partial charge >= 0.3 is 0 Å². The summed E-state index contributed by atoms with van der Waals surface area (Å²) < 4.78 is 7.48. The zero-order valence-electron chi connectivity index (χ0n) is 16.2. The molecule has 0 bridgehead atoms. The van der Waals surface area contributed by atoms with E-state index in [9.17, 15) is 9.59 Å². The van der Waals surface area contributed by atoms with Crippen molar-refractivity contribution >= 4 is 43.7 Å². The molecule has 0 radical (unpaired) electrons. The molecular formula is C21H24Br2N2O3. The number of hydrogen-bond donors (Lipinski definition) is 1. The fourth-order valence-electron chi connectivity index (χ4n) is 2.68. The number of nitrogens with zero attached hydrogens (tertiary/aromatic N) is 1. The zero-order valence-corrected chi connectivity index (χ0v) is 19.3. The van der Waals surface area contributed by atoms with Gasteiger partial charge < -0.3 is 15.0 Å². The molecule has 0 aliphatic carbocycles. The van der Waals surface area contributed by atoms with E-state index in [1.54, 1.807) is 14.0 Å². The average Bonchev–Trinajstić information content (AvgIpc) is 2.70. The van der Waals surface area contributed by atoms with E-state index in [0.717, 1.165) is 20.9 Å². The van der Waals surface area contributed by atoms with Gasteiger partial charge in [-0.2, -0.15) is 0 Å². The number of rotatable bonds is 8. The Morgan fingerprint density at radius 2 is 1.75 bits per heavy atom. The minimum atomic E-state index is -0.615. The van der Waals surface area contributed by atoms with E-state index < -0.39 is 6.04 Å². The molecule has 7 heteroatoms. The van der Waals surface area contributed by atoms with Gasteiger partial charge in [0.05, 0.1) is 4.47 Å². The quantitative estimate of drug-likeness (QED) is 0.574. The van der Waals surface area contributed by atoms with Gasteiger partial charge in [0.15, 0.2) is 6.61 Å². The topological polar surface area (TPSA) is 58.6 Å². The molecular weight excluding hydrogens is 488 g/mol. The van der Waals surface area contributed by atoms with Gasteiger partial charge in [-0.25, -0.2) is 0 Å². The first-order chi connectivity index (χ1) is 13.3. The van der Waals surface area contributed by atoms with Gasteiger partial charge in [-0.15, -0.1) is 0 Å². The van der Waals surface area contributed by atoms with E-state index in [1.807, 2.05) is 42.5 Å². The van der Waals surface area contributed by atoms with Gasteiger partial charge in [-0.05, 0) is 64.7 Å². The van der Waals surface area contributed by atoms with Crippen LogP contribution < -0.4 is 10.1 Å². The fraction of sp³-hybridized carbons (Fsp3) is 0.333. The molecule has 1 atom stereocenters. The van der Waals surface area contributed by atoms with E-state index in [1.165, 1.54) is 10.5 Å². The van der Waals surface area contributed by atoms with E-state index >= 15 is 0 Å². The zero-order chi connectivity index (χ0) is 20.7. The van der Waals surface area contributed by atoms with Crippen molar-refractivity contribution < 1.29 is 14.3 Å². The Morgan fingerprint density at radius 3 is 2.32 bits per heavy atom. The lowest BCUT2D eigenvalue weighted by molar-refractivity contribution is -0.142. The Morgan fingerprint density at radius 1 is 1.11 bits per heavy atom. The number of benzene rings is 2. The largest absolute Gasteiger partial charge is 0.483 e. The van der Waals surface area contributed by atoms with E-state index in [4.69, 9.17) is 4.74 Å². The molecule has 5 nitrogen and oxygen atoms in total. The summed E-state index contributed by atoms with van der Waals surface area (Å²) in [5.74, 6) is 0.117. The van der Waals surface area contributed by atoms with Crippen molar-refractivity contribution in [2.24, 2.45) is 0 Å². The summed E-state index contributed by atoms with van der Waals surface area (Å²) in [6.45, 7) is 3.95. The van der Waals surface area contributed by atoms with Gasteiger partial charge in [0.25, 0.3) is 5.91 Å². The summed E-state index contributed by atoms with van der Waals surface area (Å²) in [5, 5.41) is 2.60. The number of likely N-dealkylation sites (N-methyl/N-ethyl adjacent to an activating group) is 1. The average molecular weight is 512 g/mol. The van der Waals surface area contributed by atoms with E-state index in [-0.39, 0.29) is 18.4 Å². The van der Waals surface area contributed by atoms with Crippen LogP contribution in [0.5, 0.6) is 5.75 Å². The molecule has 0 aromatic heterocycles. The number of amides is 2. The van der Waals surface area contributed by atoms with Gasteiger partial charge in [0.1, 0.15) is 11.8 Å². The van der Waals surface area contributed by atoms with Crippen molar-refractivity contribution in [2.45, 2.75) is 32.9 Å². The third-order valence-corrected chi connectivity index (χ3v) is 5.58. The molecule has 0 aliphatic rings. The Kier molecular flexibility index (Phi) is 8.51. The first-order valence-corrected chi connectivity index (χ1v) is 10.6. The molecule has 0 heterocycles. The van der Waals surface area contributed by atoms with Crippen LogP contribution in [0.15, 0.2) is 51.4 Å². The SMILES string of the molecule is CCc1ccc(OCC(=O)N(Cc2ccc(Br)cc2)C(C)C(=O)NC)c(Br)c1. The van der Waals surface area contributed by atoms with Crippen molar-refractivity contribution in [3.8, 4) is 5.75 Å². The number of ether oxygens (including phenoxy) is 1. The highest BCUT2D eigenvalue weighted by molar-refractivity contribution is 9.10. The molecule has 1 unspecified atom stereocenters. The highest BCUT2D eigenvalue weighted by Crippen LogP contribution is 2.26. The third-order valence-electron chi connectivity index (χ3n) is 4.44. The van der Waals surface area contributed by atoms with Gasteiger partial charge in [-0.1, -0.05) is 41.1 Å². The molecule has 2 rings (SSSR count). The lowest BCUT2D eigenvalue weighted by Gasteiger charge is -2.28. The molecule has 2 amide bonds. The first-order valence-electron chi connectivity index (χ1n) is 9.02. The van der Waals surface area contributed by atoms with E-state index in [2.05, 4.69) is 44.1 Å². The molecule has 0 saturated carbocycles. The fourth-order valence-corrected chi connectivity index (χ4v) is 3.49. The first kappa shape index (κ1) is 22.4. The second-order valence-corrected chi connectivity index (χ2v) is 8.12. The number of carbonyl (C=O) groups excluding carboxylic acids is 2. The van der Waals surface area contributed by atoms with Crippen LogP contribution in [-0.2, 0) is 22.6 Å². The van der Waals surface area contributed by atoms with Crippen molar-refractivity contribution in [2.75, 3.05) is 13.7 Å². The summed E-state index contributed by atoms with van der Waals surface area (Å²) in [5.41, 5.74) is 2.11. The van der Waals surface area contributed by atoms with Crippen LogP contribution in [0.2, 0.25) is 0 Å². The number of halogens is 2. The van der Waals surface area contributed by atoms with Crippen LogP contribution in [0.25, 0.3) is 0 Å². The van der Waals surface area contributed by atoms with Crippen LogP contribution >= 0.6 is 31.9 Å². The maximum atomic E-state index is 12.9. The summed E-state index contributed by atoms with van der Waals surface area (Å²) in [6.07, 6.45) is 0.919. The molecule has 2 aromatic rings. The number of aryl methyl sites for hydroxylation is 1. The second-order valence-electron chi connectivity index (χ2n) is 6.35. The third kappa shape index (κ3) is 6.07. The Hall–Kier alpha value is -1.86. The van der Waals surface area contributed by atoms with Crippen molar-refractivity contribution in [1.82, 2.24) is 10.2 Å². The Bertz CT molecular complexity index is 825. The smallest absolute Gasteiger partial charge is 0.261 e. The van der Waals surface area contributed by atoms with Crippen molar-refractivity contribution in [1.29, 1.82) is 0 Å². The van der Waals surface area contributed by atoms with E-state index in [0.29, 0.717) is 12.3 Å². The van der Waals surface area contributed by atoms with Gasteiger partial charge in [-0.3, -0.25) is 9.59 Å². The molecule has 28 heavy (non-hydrogen) atoms. The highest BCUT2D eigenvalue weighted by atomic mass is 79.9. The van der Waals surface area contributed by atoms with Crippen LogP contribution in [0, 0.1) is 0 Å². The minimum Gasteiger partial charge on any atom is -0.483 e. The minimum absolute atomic E-state index is 0.151. The molecule has 1 N–H and O–H groups in total. The lowest BCUT2D eigenvalue weighted by Crippen LogP contribution is -2.48. The molecule has 2 aromatic carbocycles. The summed E-state index contributed by atoms with van der Waals surface area (Å²) in [4.78, 5) is 26.5. The number of nitrogens with one attached hydrogen (secondary N) is 1. The van der Waals surface area contributed by atoms with Gasteiger partial charge in [0, 0.05) is 18.1 Å². The Balaban J connectivity index is 2.13. The Labute approximate surface area is 182 Å². The molecule has 0 aliphatic heterocycles. The maximum Gasteiger partial charge on any atom is 0.261 e. The highest BCUT2D eigenvalue weighted by Gasteiger charge is 2.26. The molecule has 0 fully saturated rings. The summed E-state index contributed by atoms with van der Waals surface area (Å²) in [7, 11) is 1.56. The van der Waals surface area contributed by atoms with Crippen molar-refractivity contribution in [3.63, 3.8) is 0 Å². The van der Waals surface area contributed by atoms with Gasteiger partial charge in [0.2, 0.25) is 5.91 Å². The predicted molar refractivity (Wildman–Crippen MR) is 117 cm³/mol. The number of hydrogen-bond acceptors (Lipinski definition) is 3. The molecule has 150 valence electrons. The standard InChI is InChI=1S/C21H24Br2N2O3/c1-4-15-7-10-19(18(23)11-15)28-13-20(26)25(14(2)21(27)24-3)12-16-5-8-17(22)9-6-16/h5-11,14H,4,12-13H2,1-3H3,(H,24,27). The predicted octanol–water partition coefficient (Wildman–Crippen LogP) is 4.32. The second kappa shape index (κ2) is 10.6. The van der Waals surface area contributed by atoms with Crippen LogP contribution in [0.3, 0.4) is 0 Å². The normalized spacial score (nSPS) is 11.6. The lowest BCUT2D eigenvalue weighted by atomic mass is 10.1.